The minimum atomic E-state index is 0.181. The molecular weight excluding hydrogens is 352 g/mol. The van der Waals surface area contributed by atoms with E-state index in [9.17, 15) is 4.79 Å². The molecule has 1 saturated heterocycles. The van der Waals surface area contributed by atoms with E-state index in [0.717, 1.165) is 43.5 Å². The van der Waals surface area contributed by atoms with Gasteiger partial charge in [-0.05, 0) is 42.7 Å². The van der Waals surface area contributed by atoms with Gasteiger partial charge in [0.2, 0.25) is 0 Å². The van der Waals surface area contributed by atoms with Gasteiger partial charge >= 0.3 is 0 Å². The summed E-state index contributed by atoms with van der Waals surface area (Å²) in [5, 5.41) is 0. The smallest absolute Gasteiger partial charge is 0.253 e. The van der Waals surface area contributed by atoms with E-state index in [1.165, 1.54) is 36.1 Å². The monoisotopic (exact) mass is 380 g/mol. The summed E-state index contributed by atoms with van der Waals surface area (Å²) in [7, 11) is 0. The summed E-state index contributed by atoms with van der Waals surface area (Å²) in [5.74, 6) is 1.14. The maximum atomic E-state index is 12.8. The Morgan fingerprint density at radius 3 is 2.22 bits per heavy atom. The quantitative estimate of drug-likeness (QED) is 0.704. The van der Waals surface area contributed by atoms with Gasteiger partial charge in [0.05, 0.1) is 0 Å². The third-order valence-electron chi connectivity index (χ3n) is 5.79. The maximum absolute atomic E-state index is 12.8. The molecule has 4 heteroatoms. The molecule has 1 aliphatic heterocycles. The lowest BCUT2D eigenvalue weighted by Gasteiger charge is -2.38. The molecule has 2 aromatic rings. The highest BCUT2D eigenvalue weighted by Crippen LogP contribution is 2.25. The van der Waals surface area contributed by atoms with E-state index in [2.05, 4.69) is 41.3 Å². The zero-order chi connectivity index (χ0) is 18.5. The largest absolute Gasteiger partial charge is 0.336 e. The van der Waals surface area contributed by atoms with Crippen LogP contribution in [0.3, 0.4) is 0 Å². The standard InChI is InChI=1S/C23H28N2OS/c26-23(25-16-14-24(15-17-25)21-8-4-5-9-21)20-10-12-22(13-11-20)27-18-19-6-2-1-3-7-19/h1-3,6-7,10-13,21H,4-5,8-9,14-18H2. The number of amides is 1. The molecule has 27 heavy (non-hydrogen) atoms. The minimum Gasteiger partial charge on any atom is -0.336 e. The van der Waals surface area contributed by atoms with Gasteiger partial charge in [-0.3, -0.25) is 9.69 Å². The van der Waals surface area contributed by atoms with Crippen LogP contribution in [0.2, 0.25) is 0 Å². The van der Waals surface area contributed by atoms with Crippen LogP contribution < -0.4 is 0 Å². The van der Waals surface area contributed by atoms with Crippen molar-refractivity contribution in [1.29, 1.82) is 0 Å². The Bertz CT molecular complexity index is 733. The molecular formula is C23H28N2OS. The van der Waals surface area contributed by atoms with Gasteiger partial charge in [0.1, 0.15) is 0 Å². The van der Waals surface area contributed by atoms with E-state index in [1.54, 1.807) is 0 Å². The fraction of sp³-hybridized carbons (Fsp3) is 0.435. The molecule has 3 nitrogen and oxygen atoms in total. The predicted octanol–water partition coefficient (Wildman–Crippen LogP) is 4.68. The summed E-state index contributed by atoms with van der Waals surface area (Å²) >= 11 is 1.81. The molecule has 0 N–H and O–H groups in total. The van der Waals surface area contributed by atoms with Crippen molar-refractivity contribution >= 4 is 17.7 Å². The third-order valence-corrected chi connectivity index (χ3v) is 6.88. The molecule has 142 valence electrons. The summed E-state index contributed by atoms with van der Waals surface area (Å²) in [6.07, 6.45) is 5.43. The second-order valence-corrected chi connectivity index (χ2v) is 8.61. The Morgan fingerprint density at radius 2 is 1.56 bits per heavy atom. The van der Waals surface area contributed by atoms with Crippen molar-refractivity contribution in [3.8, 4) is 0 Å². The molecule has 1 heterocycles. The Kier molecular flexibility index (Phi) is 6.15. The van der Waals surface area contributed by atoms with Gasteiger partial charge < -0.3 is 4.90 Å². The zero-order valence-corrected chi connectivity index (χ0v) is 16.7. The lowest BCUT2D eigenvalue weighted by atomic mass is 10.1. The number of hydrogen-bond donors (Lipinski definition) is 0. The molecule has 1 aliphatic carbocycles. The Hall–Kier alpha value is -1.78. The van der Waals surface area contributed by atoms with E-state index >= 15 is 0 Å². The van der Waals surface area contributed by atoms with Crippen molar-refractivity contribution in [1.82, 2.24) is 9.80 Å². The summed E-state index contributed by atoms with van der Waals surface area (Å²) < 4.78 is 0. The molecule has 0 aromatic heterocycles. The Balaban J connectivity index is 1.29. The Labute approximate surface area is 166 Å². The average Bonchev–Trinajstić information content (AvgIpc) is 3.28. The summed E-state index contributed by atoms with van der Waals surface area (Å²) in [6, 6.07) is 19.4. The normalized spacial score (nSPS) is 18.7. The highest BCUT2D eigenvalue weighted by molar-refractivity contribution is 7.98. The summed E-state index contributed by atoms with van der Waals surface area (Å²) in [5.41, 5.74) is 2.14. The number of benzene rings is 2. The van der Waals surface area contributed by atoms with Gasteiger partial charge in [0.15, 0.2) is 0 Å². The second kappa shape index (κ2) is 8.94. The molecule has 0 radical (unpaired) electrons. The fourth-order valence-corrected chi connectivity index (χ4v) is 5.03. The van der Waals surface area contributed by atoms with Crippen LogP contribution in [0, 0.1) is 0 Å². The van der Waals surface area contributed by atoms with Gasteiger partial charge in [0.25, 0.3) is 5.91 Å². The molecule has 1 amide bonds. The minimum absolute atomic E-state index is 0.181. The van der Waals surface area contributed by atoms with Crippen LogP contribution in [-0.4, -0.2) is 47.9 Å². The fourth-order valence-electron chi connectivity index (χ4n) is 4.18. The summed E-state index contributed by atoms with van der Waals surface area (Å²) in [4.78, 5) is 18.7. The van der Waals surface area contributed by atoms with Gasteiger partial charge in [-0.1, -0.05) is 43.2 Å². The van der Waals surface area contributed by atoms with Gasteiger partial charge in [-0.15, -0.1) is 11.8 Å². The topological polar surface area (TPSA) is 23.6 Å². The summed E-state index contributed by atoms with van der Waals surface area (Å²) in [6.45, 7) is 3.78. The van der Waals surface area contributed by atoms with E-state index < -0.39 is 0 Å². The van der Waals surface area contributed by atoms with Crippen molar-refractivity contribution in [3.63, 3.8) is 0 Å². The number of carbonyl (C=O) groups is 1. The first-order chi connectivity index (χ1) is 13.3. The zero-order valence-electron chi connectivity index (χ0n) is 15.8. The highest BCUT2D eigenvalue weighted by Gasteiger charge is 2.28. The highest BCUT2D eigenvalue weighted by atomic mass is 32.2. The van der Waals surface area contributed by atoms with Crippen molar-refractivity contribution < 1.29 is 4.79 Å². The molecule has 2 aliphatic rings. The lowest BCUT2D eigenvalue weighted by Crippen LogP contribution is -2.51. The van der Waals surface area contributed by atoms with E-state index in [4.69, 9.17) is 0 Å². The van der Waals surface area contributed by atoms with Crippen LogP contribution in [-0.2, 0) is 5.75 Å². The van der Waals surface area contributed by atoms with Crippen molar-refractivity contribution in [3.05, 3.63) is 65.7 Å². The molecule has 0 unspecified atom stereocenters. The number of thioether (sulfide) groups is 1. The van der Waals surface area contributed by atoms with Crippen molar-refractivity contribution in [2.75, 3.05) is 26.2 Å². The predicted molar refractivity (Wildman–Crippen MR) is 112 cm³/mol. The number of rotatable bonds is 5. The van der Waals surface area contributed by atoms with Crippen molar-refractivity contribution in [2.45, 2.75) is 42.4 Å². The van der Waals surface area contributed by atoms with Crippen LogP contribution in [0.15, 0.2) is 59.5 Å². The number of piperazine rings is 1. The average molecular weight is 381 g/mol. The second-order valence-electron chi connectivity index (χ2n) is 7.57. The van der Waals surface area contributed by atoms with Crippen LogP contribution in [0.25, 0.3) is 0 Å². The number of nitrogens with zero attached hydrogens (tertiary/aromatic N) is 2. The molecule has 0 spiro atoms. The van der Waals surface area contributed by atoms with Gasteiger partial charge in [0, 0.05) is 48.4 Å². The Morgan fingerprint density at radius 1 is 0.889 bits per heavy atom. The molecule has 0 atom stereocenters. The number of carbonyl (C=O) groups excluding carboxylic acids is 1. The first-order valence-electron chi connectivity index (χ1n) is 10.1. The van der Waals surface area contributed by atoms with Crippen LogP contribution in [0.4, 0.5) is 0 Å². The molecule has 2 aromatic carbocycles. The van der Waals surface area contributed by atoms with Gasteiger partial charge in [-0.2, -0.15) is 0 Å². The van der Waals surface area contributed by atoms with E-state index in [-0.39, 0.29) is 5.91 Å². The van der Waals surface area contributed by atoms with E-state index in [0.29, 0.717) is 0 Å². The van der Waals surface area contributed by atoms with Gasteiger partial charge in [-0.25, -0.2) is 0 Å². The molecule has 1 saturated carbocycles. The number of hydrogen-bond acceptors (Lipinski definition) is 3. The third kappa shape index (κ3) is 4.74. The maximum Gasteiger partial charge on any atom is 0.253 e. The SMILES string of the molecule is O=C(c1ccc(SCc2ccccc2)cc1)N1CCN(C2CCCC2)CC1. The lowest BCUT2D eigenvalue weighted by molar-refractivity contribution is 0.0573. The van der Waals surface area contributed by atoms with Crippen LogP contribution in [0.5, 0.6) is 0 Å². The van der Waals surface area contributed by atoms with Crippen LogP contribution >= 0.6 is 11.8 Å². The van der Waals surface area contributed by atoms with Crippen molar-refractivity contribution in [2.24, 2.45) is 0 Å². The van der Waals surface area contributed by atoms with Crippen LogP contribution in [0.1, 0.15) is 41.6 Å². The molecule has 2 fully saturated rings. The molecule has 0 bridgehead atoms. The first-order valence-corrected chi connectivity index (χ1v) is 11.1. The molecule has 4 rings (SSSR count). The van der Waals surface area contributed by atoms with E-state index in [1.807, 2.05) is 34.9 Å². The first kappa shape index (κ1) is 18.6.